The van der Waals surface area contributed by atoms with Crippen LogP contribution in [0.2, 0.25) is 0 Å². The van der Waals surface area contributed by atoms with Crippen molar-refractivity contribution in [1.82, 2.24) is 5.01 Å². The van der Waals surface area contributed by atoms with E-state index in [0.717, 1.165) is 18.6 Å². The van der Waals surface area contributed by atoms with Gasteiger partial charge in [0.2, 0.25) is 0 Å². The van der Waals surface area contributed by atoms with Gasteiger partial charge in [-0.15, -0.1) is 0 Å². The highest BCUT2D eigenvalue weighted by molar-refractivity contribution is 8.18. The van der Waals surface area contributed by atoms with E-state index in [1.54, 1.807) is 30.3 Å². The number of alkyl halides is 3. The smallest absolute Gasteiger partial charge is 0.438 e. The van der Waals surface area contributed by atoms with Crippen LogP contribution in [-0.4, -0.2) is 51.9 Å². The van der Waals surface area contributed by atoms with E-state index in [-0.39, 0.29) is 10.6 Å². The van der Waals surface area contributed by atoms with Crippen molar-refractivity contribution < 1.29 is 32.6 Å². The molecule has 2 heterocycles. The number of aliphatic imine (C=N–C) groups is 1. The molecular weight excluding hydrogens is 435 g/mol. The summed E-state index contributed by atoms with van der Waals surface area (Å²) in [6.07, 6.45) is -5.15. The Labute approximate surface area is 177 Å². The van der Waals surface area contributed by atoms with Crippen LogP contribution in [0, 0.1) is 0 Å². The average Bonchev–Trinajstić information content (AvgIpc) is 3.27. The van der Waals surface area contributed by atoms with Crippen molar-refractivity contribution in [3.63, 3.8) is 0 Å². The molecule has 0 saturated carbocycles. The van der Waals surface area contributed by atoms with Gasteiger partial charge in [-0.2, -0.15) is 28.3 Å². The van der Waals surface area contributed by atoms with Crippen LogP contribution in [0.1, 0.15) is 12.0 Å². The Hall–Kier alpha value is -3.18. The van der Waals surface area contributed by atoms with Crippen molar-refractivity contribution in [2.75, 3.05) is 7.11 Å². The Kier molecular flexibility index (Phi) is 5.10. The molecule has 1 N–H and O–H groups in total. The van der Waals surface area contributed by atoms with Crippen molar-refractivity contribution >= 4 is 45.3 Å². The molecule has 0 aromatic heterocycles. The molecule has 7 nitrogen and oxygen atoms in total. The number of amidine groups is 1. The highest BCUT2D eigenvalue weighted by atomic mass is 32.2. The highest BCUT2D eigenvalue weighted by Gasteiger charge is 2.63. The predicted molar refractivity (Wildman–Crippen MR) is 108 cm³/mol. The van der Waals surface area contributed by atoms with Gasteiger partial charge < -0.3 is 9.84 Å². The number of amides is 1. The minimum Gasteiger partial charge on any atom is -0.466 e. The summed E-state index contributed by atoms with van der Waals surface area (Å²) in [5, 5.41) is 15.9. The molecule has 2 aromatic rings. The van der Waals surface area contributed by atoms with E-state index in [1.165, 1.54) is 0 Å². The molecule has 1 amide bonds. The number of hydrogen-bond donors (Lipinski definition) is 1. The van der Waals surface area contributed by atoms with E-state index in [4.69, 9.17) is 0 Å². The predicted octanol–water partition coefficient (Wildman–Crippen LogP) is 3.19. The zero-order valence-corrected chi connectivity index (χ0v) is 16.7. The summed E-state index contributed by atoms with van der Waals surface area (Å²) in [6.45, 7) is 0. The number of halogens is 3. The Morgan fingerprint density at radius 3 is 2.68 bits per heavy atom. The molecular formula is C20H14F3N3O4S. The number of nitrogens with zero attached hydrogens (tertiary/aromatic N) is 3. The van der Waals surface area contributed by atoms with E-state index >= 15 is 0 Å². The zero-order chi connectivity index (χ0) is 22.4. The number of methoxy groups -OCH3 is 1. The number of ether oxygens (including phenoxy) is 1. The molecule has 160 valence electrons. The molecule has 2 aromatic carbocycles. The van der Waals surface area contributed by atoms with Crippen LogP contribution in [0.3, 0.4) is 0 Å². The summed E-state index contributed by atoms with van der Waals surface area (Å²) in [6, 6.07) is 12.2. The summed E-state index contributed by atoms with van der Waals surface area (Å²) in [4.78, 5) is 26.8. The van der Waals surface area contributed by atoms with Crippen LogP contribution in [0.4, 0.5) is 13.2 Å². The molecule has 1 unspecified atom stereocenters. The number of carbonyl (C=O) groups is 2. The molecule has 0 saturated heterocycles. The average molecular weight is 449 g/mol. The molecule has 2 aliphatic heterocycles. The summed E-state index contributed by atoms with van der Waals surface area (Å²) in [7, 11) is 1.09. The van der Waals surface area contributed by atoms with Crippen molar-refractivity contribution in [3.8, 4) is 0 Å². The third-order valence-electron chi connectivity index (χ3n) is 4.78. The van der Waals surface area contributed by atoms with Crippen LogP contribution in [-0.2, 0) is 14.3 Å². The molecule has 4 rings (SSSR count). The summed E-state index contributed by atoms with van der Waals surface area (Å²) < 4.78 is 46.2. The molecule has 0 fully saturated rings. The Balaban J connectivity index is 1.79. The third kappa shape index (κ3) is 3.59. The fourth-order valence-electron chi connectivity index (χ4n) is 3.25. The van der Waals surface area contributed by atoms with Gasteiger partial charge in [0.1, 0.15) is 0 Å². The number of aliphatic hydroxyl groups is 1. The second-order valence-corrected chi connectivity index (χ2v) is 7.72. The molecule has 0 aliphatic carbocycles. The normalized spacial score (nSPS) is 22.8. The fourth-order valence-corrected chi connectivity index (χ4v) is 4.14. The lowest BCUT2D eigenvalue weighted by molar-refractivity contribution is -0.294. The lowest BCUT2D eigenvalue weighted by Crippen LogP contribution is -2.56. The largest absolute Gasteiger partial charge is 0.466 e. The zero-order valence-electron chi connectivity index (χ0n) is 15.9. The first-order valence-electron chi connectivity index (χ1n) is 8.89. The molecule has 0 bridgehead atoms. The maximum Gasteiger partial charge on any atom is 0.438 e. The second kappa shape index (κ2) is 7.50. The number of rotatable bonds is 2. The molecule has 31 heavy (non-hydrogen) atoms. The van der Waals surface area contributed by atoms with Gasteiger partial charge >= 0.3 is 12.1 Å². The van der Waals surface area contributed by atoms with Gasteiger partial charge in [-0.05, 0) is 22.5 Å². The maximum absolute atomic E-state index is 13.9. The summed E-state index contributed by atoms with van der Waals surface area (Å²) in [5.41, 5.74) is -3.01. The minimum atomic E-state index is -5.11. The maximum atomic E-state index is 13.9. The van der Waals surface area contributed by atoms with E-state index < -0.39 is 35.4 Å². The number of fused-ring (bicyclic) bond motifs is 1. The first-order valence-corrected chi connectivity index (χ1v) is 9.71. The van der Waals surface area contributed by atoms with Crippen LogP contribution in [0.25, 0.3) is 10.8 Å². The lowest BCUT2D eigenvalue weighted by Gasteiger charge is -2.33. The first-order chi connectivity index (χ1) is 14.6. The van der Waals surface area contributed by atoms with Crippen LogP contribution in [0.15, 0.2) is 63.5 Å². The van der Waals surface area contributed by atoms with Crippen LogP contribution in [0.5, 0.6) is 0 Å². The van der Waals surface area contributed by atoms with Crippen molar-refractivity contribution in [3.05, 3.63) is 59.0 Å². The molecule has 2 aliphatic rings. The third-order valence-corrected chi connectivity index (χ3v) is 5.74. The van der Waals surface area contributed by atoms with E-state index in [1.807, 2.05) is 12.1 Å². The summed E-state index contributed by atoms with van der Waals surface area (Å²) >= 11 is 0.499. The van der Waals surface area contributed by atoms with Gasteiger partial charge in [0.05, 0.1) is 24.1 Å². The molecule has 0 radical (unpaired) electrons. The fraction of sp³-hybridized carbons (Fsp3) is 0.200. The number of hydrogen-bond acceptors (Lipinski definition) is 7. The molecule has 1 atom stereocenters. The van der Waals surface area contributed by atoms with Crippen LogP contribution >= 0.6 is 11.8 Å². The standard InChI is InChI=1S/C20H14F3N3O4S/c1-30-16(27)9-15-17(28)24-18(31-15)26-19(29,20(21,22)23)10-14(25-26)13-8-4-6-11-5-2-3-7-12(11)13/h2-9,29H,10H2,1H3/b15-9+. The van der Waals surface area contributed by atoms with Gasteiger partial charge in [0.25, 0.3) is 11.6 Å². The quantitative estimate of drug-likeness (QED) is 0.559. The first kappa shape index (κ1) is 21.1. The number of benzene rings is 2. The van der Waals surface area contributed by atoms with Crippen molar-refractivity contribution in [2.45, 2.75) is 18.3 Å². The van der Waals surface area contributed by atoms with Gasteiger partial charge in [-0.25, -0.2) is 4.79 Å². The topological polar surface area (TPSA) is 91.6 Å². The monoisotopic (exact) mass is 449 g/mol. The molecule has 0 spiro atoms. The number of hydrazone groups is 1. The number of esters is 1. The Morgan fingerprint density at radius 1 is 1.26 bits per heavy atom. The lowest BCUT2D eigenvalue weighted by atomic mass is 9.96. The summed E-state index contributed by atoms with van der Waals surface area (Å²) in [5.74, 6) is -1.79. The van der Waals surface area contributed by atoms with E-state index in [9.17, 15) is 27.9 Å². The Morgan fingerprint density at radius 2 is 1.97 bits per heavy atom. The van der Waals surface area contributed by atoms with E-state index in [0.29, 0.717) is 27.7 Å². The van der Waals surface area contributed by atoms with Crippen molar-refractivity contribution in [2.24, 2.45) is 10.1 Å². The second-order valence-electron chi connectivity index (χ2n) is 6.71. The van der Waals surface area contributed by atoms with Gasteiger partial charge in [0, 0.05) is 11.6 Å². The van der Waals surface area contributed by atoms with Gasteiger partial charge in [-0.3, -0.25) is 4.79 Å². The molecule has 11 heteroatoms. The Bertz CT molecular complexity index is 1190. The minimum absolute atomic E-state index is 0.0160. The number of thioether (sulfide) groups is 1. The van der Waals surface area contributed by atoms with Gasteiger partial charge in [0.15, 0.2) is 5.17 Å². The highest BCUT2D eigenvalue weighted by Crippen LogP contribution is 2.45. The number of carbonyl (C=O) groups excluding carboxylic acids is 2. The SMILES string of the molecule is COC(=O)/C=C1/SC(N2N=C(c3cccc4ccccc34)CC2(O)C(F)(F)F)=NC1=O. The van der Waals surface area contributed by atoms with Gasteiger partial charge in [-0.1, -0.05) is 42.5 Å². The van der Waals surface area contributed by atoms with Crippen molar-refractivity contribution in [1.29, 1.82) is 0 Å². The van der Waals surface area contributed by atoms with E-state index in [2.05, 4.69) is 14.8 Å². The van der Waals surface area contributed by atoms with Crippen LogP contribution < -0.4 is 0 Å².